The summed E-state index contributed by atoms with van der Waals surface area (Å²) in [5, 5.41) is 10.1. The van der Waals surface area contributed by atoms with Crippen LogP contribution >= 0.6 is 0 Å². The van der Waals surface area contributed by atoms with Crippen LogP contribution in [0.2, 0.25) is 0 Å². The van der Waals surface area contributed by atoms with E-state index in [0.29, 0.717) is 6.08 Å². The maximum atomic E-state index is 12.4. The predicted octanol–water partition coefficient (Wildman–Crippen LogP) is 4.75. The molecule has 8 heteroatoms. The molecular formula is C18H21F3O4S. The zero-order valence-electron chi connectivity index (χ0n) is 14.5. The van der Waals surface area contributed by atoms with Gasteiger partial charge >= 0.3 is 15.6 Å². The lowest BCUT2D eigenvalue weighted by molar-refractivity contribution is -0.0520. The molecule has 0 aliphatic heterocycles. The second kappa shape index (κ2) is 8.49. The molecule has 0 aromatic heterocycles. The van der Waals surface area contributed by atoms with E-state index in [1.165, 1.54) is 0 Å². The number of allylic oxidation sites excluding steroid dienone is 6. The van der Waals surface area contributed by atoms with Gasteiger partial charge in [-0.2, -0.15) is 21.6 Å². The molecular weight excluding hydrogens is 369 g/mol. The highest BCUT2D eigenvalue weighted by Gasteiger charge is 2.48. The minimum Gasteiger partial charge on any atom is -0.512 e. The highest BCUT2D eigenvalue weighted by atomic mass is 32.2. The second-order valence-electron chi connectivity index (χ2n) is 6.20. The van der Waals surface area contributed by atoms with Crippen LogP contribution < -0.4 is 0 Å². The van der Waals surface area contributed by atoms with Crippen molar-refractivity contribution in [2.75, 3.05) is 0 Å². The van der Waals surface area contributed by atoms with Gasteiger partial charge in [-0.05, 0) is 38.5 Å². The maximum Gasteiger partial charge on any atom is 0.534 e. The largest absolute Gasteiger partial charge is 0.534 e. The van der Waals surface area contributed by atoms with Gasteiger partial charge in [0.25, 0.3) is 0 Å². The van der Waals surface area contributed by atoms with Gasteiger partial charge in [-0.3, -0.25) is 0 Å². The summed E-state index contributed by atoms with van der Waals surface area (Å²) < 4.78 is 63.5. The van der Waals surface area contributed by atoms with Gasteiger partial charge < -0.3 is 9.29 Å². The summed E-state index contributed by atoms with van der Waals surface area (Å²) in [6.45, 7) is 7.75. The Morgan fingerprint density at radius 3 is 2.65 bits per heavy atom. The Morgan fingerprint density at radius 1 is 1.54 bits per heavy atom. The molecule has 26 heavy (non-hydrogen) atoms. The van der Waals surface area contributed by atoms with Crippen LogP contribution in [0.1, 0.15) is 33.1 Å². The van der Waals surface area contributed by atoms with Gasteiger partial charge in [0.15, 0.2) is 5.76 Å². The normalized spacial score (nSPS) is 22.4. The van der Waals surface area contributed by atoms with E-state index >= 15 is 0 Å². The lowest BCUT2D eigenvalue weighted by atomic mass is 9.76. The van der Waals surface area contributed by atoms with Crippen LogP contribution in [0, 0.1) is 24.2 Å². The SMILES string of the molecule is C#C/C=C(\C=C(\O)C[C@@H]1C=C(C)CC[C@H]1C(=C)C)OS(=O)(=O)C(F)(F)F. The number of halogens is 3. The fraction of sp³-hybridized carbons (Fsp3) is 0.444. The van der Waals surface area contributed by atoms with Gasteiger partial charge in [0.05, 0.1) is 5.76 Å². The number of hydrogen-bond acceptors (Lipinski definition) is 4. The Bertz CT molecular complexity index is 780. The predicted molar refractivity (Wildman–Crippen MR) is 93.1 cm³/mol. The average Bonchev–Trinajstić information content (AvgIpc) is 2.45. The molecule has 1 rings (SSSR count). The highest BCUT2D eigenvalue weighted by molar-refractivity contribution is 7.87. The molecule has 2 atom stereocenters. The lowest BCUT2D eigenvalue weighted by Crippen LogP contribution is -2.25. The first-order valence-electron chi connectivity index (χ1n) is 7.76. The van der Waals surface area contributed by atoms with Crippen LogP contribution in [0.25, 0.3) is 0 Å². The van der Waals surface area contributed by atoms with Crippen molar-refractivity contribution in [1.82, 2.24) is 0 Å². The van der Waals surface area contributed by atoms with Crippen LogP contribution in [-0.4, -0.2) is 19.0 Å². The summed E-state index contributed by atoms with van der Waals surface area (Å²) >= 11 is 0. The number of rotatable bonds is 6. The molecule has 0 spiro atoms. The Labute approximate surface area is 151 Å². The van der Waals surface area contributed by atoms with Crippen molar-refractivity contribution in [1.29, 1.82) is 0 Å². The second-order valence-corrected chi connectivity index (χ2v) is 7.74. The highest BCUT2D eigenvalue weighted by Crippen LogP contribution is 2.36. The van der Waals surface area contributed by atoms with Crippen molar-refractivity contribution in [3.05, 3.63) is 47.5 Å². The van der Waals surface area contributed by atoms with E-state index in [9.17, 15) is 26.7 Å². The molecule has 0 fully saturated rings. The van der Waals surface area contributed by atoms with Crippen molar-refractivity contribution in [3.8, 4) is 12.3 Å². The molecule has 0 radical (unpaired) electrons. The van der Waals surface area contributed by atoms with E-state index in [0.717, 1.165) is 30.1 Å². The van der Waals surface area contributed by atoms with Crippen LogP contribution in [-0.2, 0) is 14.3 Å². The maximum absolute atomic E-state index is 12.4. The van der Waals surface area contributed by atoms with Crippen molar-refractivity contribution in [3.63, 3.8) is 0 Å². The fourth-order valence-corrected chi connectivity index (χ4v) is 3.23. The van der Waals surface area contributed by atoms with E-state index in [-0.39, 0.29) is 24.0 Å². The molecule has 0 heterocycles. The number of terminal acetylenes is 1. The van der Waals surface area contributed by atoms with Gasteiger partial charge in [0.1, 0.15) is 0 Å². The minimum atomic E-state index is -5.88. The van der Waals surface area contributed by atoms with E-state index in [4.69, 9.17) is 6.42 Å². The zero-order chi connectivity index (χ0) is 20.1. The Balaban J connectivity index is 3.04. The van der Waals surface area contributed by atoms with Crippen molar-refractivity contribution >= 4 is 10.1 Å². The molecule has 0 unspecified atom stereocenters. The average molecular weight is 390 g/mol. The van der Waals surface area contributed by atoms with Gasteiger partial charge in [-0.25, -0.2) is 0 Å². The van der Waals surface area contributed by atoms with Crippen LogP contribution in [0.5, 0.6) is 0 Å². The first-order chi connectivity index (χ1) is 11.9. The summed E-state index contributed by atoms with van der Waals surface area (Å²) in [4.78, 5) is 0. The number of aliphatic hydroxyl groups excluding tert-OH is 1. The summed E-state index contributed by atoms with van der Waals surface area (Å²) in [5.74, 6) is 0.754. The fourth-order valence-electron chi connectivity index (χ4n) is 2.79. The lowest BCUT2D eigenvalue weighted by Gasteiger charge is -2.30. The zero-order valence-corrected chi connectivity index (χ0v) is 15.3. The van der Waals surface area contributed by atoms with E-state index in [2.05, 4.69) is 10.8 Å². The summed E-state index contributed by atoms with van der Waals surface area (Å²) in [6.07, 6.45) is 10.3. The minimum absolute atomic E-state index is 0.0895. The quantitative estimate of drug-likeness (QED) is 0.178. The molecule has 1 aliphatic carbocycles. The first kappa shape index (κ1) is 21.9. The van der Waals surface area contributed by atoms with E-state index in [1.807, 2.05) is 25.8 Å². The van der Waals surface area contributed by atoms with Crippen LogP contribution in [0.3, 0.4) is 0 Å². The molecule has 144 valence electrons. The molecule has 1 N–H and O–H groups in total. The van der Waals surface area contributed by atoms with Crippen molar-refractivity contribution < 1.29 is 30.9 Å². The van der Waals surface area contributed by atoms with E-state index < -0.39 is 21.4 Å². The molecule has 0 aromatic carbocycles. The molecule has 0 bridgehead atoms. The number of aliphatic hydroxyl groups is 1. The summed E-state index contributed by atoms with van der Waals surface area (Å²) in [5.41, 5.74) is -3.53. The van der Waals surface area contributed by atoms with Crippen molar-refractivity contribution in [2.45, 2.75) is 38.6 Å². The van der Waals surface area contributed by atoms with Gasteiger partial charge in [0, 0.05) is 18.6 Å². The Hall–Kier alpha value is -2.14. The molecule has 0 saturated carbocycles. The van der Waals surface area contributed by atoms with Gasteiger partial charge in [-0.15, -0.1) is 6.42 Å². The standard InChI is InChI=1S/C18H21F3O4S/c1-5-6-16(25-26(23,24)18(19,20)21)11-15(22)10-14-9-13(4)7-8-17(14)12(2)3/h1,6,9,11,14,17,22H,2,7-8,10H2,3-4H3/b15-11+,16-6+/t14-,17-/m0/s1. The first-order valence-corrected chi connectivity index (χ1v) is 9.17. The molecule has 0 amide bonds. The topological polar surface area (TPSA) is 63.6 Å². The molecule has 4 nitrogen and oxygen atoms in total. The molecule has 0 saturated heterocycles. The van der Waals surface area contributed by atoms with E-state index in [1.54, 1.807) is 0 Å². The third-order valence-electron chi connectivity index (χ3n) is 3.97. The van der Waals surface area contributed by atoms with Gasteiger partial charge in [-0.1, -0.05) is 29.7 Å². The smallest absolute Gasteiger partial charge is 0.512 e. The van der Waals surface area contributed by atoms with Crippen LogP contribution in [0.15, 0.2) is 47.5 Å². The Morgan fingerprint density at radius 2 is 2.15 bits per heavy atom. The van der Waals surface area contributed by atoms with Gasteiger partial charge in [0.2, 0.25) is 0 Å². The third kappa shape index (κ3) is 5.99. The number of alkyl halides is 3. The number of hydrogen-bond donors (Lipinski definition) is 1. The Kier molecular flexibility index (Phi) is 7.16. The third-order valence-corrected chi connectivity index (χ3v) is 4.95. The molecule has 0 aromatic rings. The summed E-state index contributed by atoms with van der Waals surface area (Å²) in [7, 11) is -5.88. The van der Waals surface area contributed by atoms with Crippen molar-refractivity contribution in [2.24, 2.45) is 11.8 Å². The van der Waals surface area contributed by atoms with Crippen LogP contribution in [0.4, 0.5) is 13.2 Å². The monoisotopic (exact) mass is 390 g/mol. The summed E-state index contributed by atoms with van der Waals surface area (Å²) in [6, 6.07) is 0. The molecule has 1 aliphatic rings.